The number of ether oxygens (including phenoxy) is 8. The molecule has 3 heterocycles. The van der Waals surface area contributed by atoms with Gasteiger partial charge in [-0.1, -0.05) is 29.8 Å². The van der Waals surface area contributed by atoms with Gasteiger partial charge in [0, 0.05) is 12.0 Å². The zero-order chi connectivity index (χ0) is 29.3. The van der Waals surface area contributed by atoms with Crippen molar-refractivity contribution < 1.29 is 43.0 Å². The summed E-state index contributed by atoms with van der Waals surface area (Å²) in [7, 11) is 3.23. The largest absolute Gasteiger partial charge is 0.497 e. The Morgan fingerprint density at radius 3 is 2.15 bits per heavy atom. The van der Waals surface area contributed by atoms with Crippen molar-refractivity contribution in [3.63, 3.8) is 0 Å². The Hall–Kier alpha value is -1.73. The molecule has 2 aromatic carbocycles. The molecule has 3 aliphatic rings. The van der Waals surface area contributed by atoms with Gasteiger partial charge < -0.3 is 43.0 Å². The molecule has 0 aliphatic carbocycles. The second kappa shape index (κ2) is 12.9. The lowest BCUT2D eigenvalue weighted by Gasteiger charge is -2.47. The highest BCUT2D eigenvalue weighted by Crippen LogP contribution is 2.42. The van der Waals surface area contributed by atoms with E-state index in [1.807, 2.05) is 83.1 Å². The van der Waals surface area contributed by atoms with E-state index in [-0.39, 0.29) is 6.10 Å². The van der Waals surface area contributed by atoms with Gasteiger partial charge in [0.15, 0.2) is 18.4 Å². The van der Waals surface area contributed by atoms with Crippen molar-refractivity contribution in [2.45, 2.75) is 112 Å². The predicted octanol–water partition coefficient (Wildman–Crippen LogP) is 4.45. The van der Waals surface area contributed by atoms with Crippen LogP contribution < -0.4 is 4.74 Å². The molecule has 0 unspecified atom stereocenters. The molecular weight excluding hydrogens is 548 g/mol. The Kier molecular flexibility index (Phi) is 9.64. The molecule has 3 fully saturated rings. The lowest BCUT2D eigenvalue weighted by atomic mass is 9.98. The Morgan fingerprint density at radius 1 is 0.854 bits per heavy atom. The first-order valence-electron chi connectivity index (χ1n) is 14.1. The van der Waals surface area contributed by atoms with E-state index in [0.717, 1.165) is 21.8 Å². The van der Waals surface area contributed by atoms with Crippen LogP contribution in [0.5, 0.6) is 5.75 Å². The number of aliphatic hydroxyl groups excluding tert-OH is 1. The van der Waals surface area contributed by atoms with Crippen LogP contribution in [-0.4, -0.2) is 85.7 Å². The summed E-state index contributed by atoms with van der Waals surface area (Å²) in [6.45, 7) is 9.92. The summed E-state index contributed by atoms with van der Waals surface area (Å²) < 4.78 is 48.8. The molecule has 3 aliphatic heterocycles. The molecular formula is C31H42O9S. The third kappa shape index (κ3) is 6.92. The van der Waals surface area contributed by atoms with Gasteiger partial charge in [-0.25, -0.2) is 0 Å². The number of hydrogen-bond donors (Lipinski definition) is 1. The average Bonchev–Trinajstić information content (AvgIpc) is 3.28. The Morgan fingerprint density at radius 2 is 1.49 bits per heavy atom. The second-order valence-electron chi connectivity index (χ2n) is 11.3. The summed E-state index contributed by atoms with van der Waals surface area (Å²) in [5.41, 5.74) is 2.13. The number of aliphatic hydroxyl groups is 1. The zero-order valence-corrected chi connectivity index (χ0v) is 25.5. The standard InChI is InChI=1S/C31H42O9S/c1-17-8-14-22(15-9-17)41-28-23(32)24(35-16-20-10-12-21(33-6)13-11-20)18(2)37-30(28)38-25-19(3)36-29(34-7)27-26(25)39-31(4,5)40-27/h8-15,18-19,23-30,32H,16H2,1-7H3/t18-,19-,23-,24+,25-,26+,27+,28+,29+,30-/m0/s1. The van der Waals surface area contributed by atoms with Gasteiger partial charge in [0.1, 0.15) is 30.2 Å². The first kappa shape index (κ1) is 30.7. The summed E-state index contributed by atoms with van der Waals surface area (Å²) in [6, 6.07) is 15.8. The molecule has 1 N–H and O–H groups in total. The van der Waals surface area contributed by atoms with Crippen molar-refractivity contribution >= 4 is 11.8 Å². The summed E-state index contributed by atoms with van der Waals surface area (Å²) in [5.74, 6) is -0.0460. The molecule has 0 radical (unpaired) electrons. The number of fused-ring (bicyclic) bond motifs is 1. The van der Waals surface area contributed by atoms with E-state index >= 15 is 0 Å². The van der Waals surface area contributed by atoms with Crippen LogP contribution in [0.1, 0.15) is 38.8 Å². The van der Waals surface area contributed by atoms with Crippen LogP contribution in [-0.2, 0) is 39.8 Å². The molecule has 9 nitrogen and oxygen atoms in total. The first-order valence-corrected chi connectivity index (χ1v) is 15.0. The van der Waals surface area contributed by atoms with Crippen LogP contribution in [0.15, 0.2) is 53.4 Å². The SMILES string of the molecule is COc1ccc(CO[C@H]2[C@H](O)[C@@H](Sc3ccc(C)cc3)[C@H](O[C@@H]3[C@H]4OC(C)(C)O[C@H]4[C@H](OC)O[C@H]3C)O[C@H]2C)cc1. The smallest absolute Gasteiger partial charge is 0.186 e. The summed E-state index contributed by atoms with van der Waals surface area (Å²) >= 11 is 1.51. The van der Waals surface area contributed by atoms with Gasteiger partial charge in [0.2, 0.25) is 0 Å². The maximum Gasteiger partial charge on any atom is 0.186 e. The van der Waals surface area contributed by atoms with Gasteiger partial charge in [0.25, 0.3) is 0 Å². The van der Waals surface area contributed by atoms with E-state index in [1.54, 1.807) is 14.2 Å². The fraction of sp³-hybridized carbons (Fsp3) is 0.613. The van der Waals surface area contributed by atoms with E-state index in [9.17, 15) is 5.11 Å². The molecule has 10 atom stereocenters. The van der Waals surface area contributed by atoms with Crippen molar-refractivity contribution in [3.8, 4) is 5.75 Å². The average molecular weight is 591 g/mol. The Labute approximate surface area is 246 Å². The van der Waals surface area contributed by atoms with Crippen molar-refractivity contribution in [2.75, 3.05) is 14.2 Å². The number of thioether (sulfide) groups is 1. The van der Waals surface area contributed by atoms with Gasteiger partial charge >= 0.3 is 0 Å². The fourth-order valence-electron chi connectivity index (χ4n) is 5.60. The zero-order valence-electron chi connectivity index (χ0n) is 24.7. The highest BCUT2D eigenvalue weighted by atomic mass is 32.2. The minimum Gasteiger partial charge on any atom is -0.497 e. The van der Waals surface area contributed by atoms with Crippen molar-refractivity contribution in [3.05, 3.63) is 59.7 Å². The van der Waals surface area contributed by atoms with E-state index in [0.29, 0.717) is 6.61 Å². The molecule has 0 saturated carbocycles. The van der Waals surface area contributed by atoms with E-state index < -0.39 is 60.2 Å². The lowest BCUT2D eigenvalue weighted by molar-refractivity contribution is -0.317. The molecule has 0 bridgehead atoms. The van der Waals surface area contributed by atoms with Crippen molar-refractivity contribution in [1.29, 1.82) is 0 Å². The van der Waals surface area contributed by atoms with Crippen LogP contribution in [0.3, 0.4) is 0 Å². The summed E-state index contributed by atoms with van der Waals surface area (Å²) in [6.07, 6.45) is -5.04. The van der Waals surface area contributed by atoms with E-state index in [2.05, 4.69) is 0 Å². The minimum atomic E-state index is -0.882. The van der Waals surface area contributed by atoms with Gasteiger partial charge in [0.05, 0.1) is 37.3 Å². The molecule has 0 aromatic heterocycles. The van der Waals surface area contributed by atoms with Crippen LogP contribution in [0.25, 0.3) is 0 Å². The van der Waals surface area contributed by atoms with Gasteiger partial charge in [-0.3, -0.25) is 0 Å². The minimum absolute atomic E-state index is 0.322. The topological polar surface area (TPSA) is 94.1 Å². The maximum atomic E-state index is 11.8. The number of aryl methyl sites for hydroxylation is 1. The summed E-state index contributed by atoms with van der Waals surface area (Å²) in [5, 5.41) is 11.3. The molecule has 5 rings (SSSR count). The Bertz CT molecular complexity index is 1130. The monoisotopic (exact) mass is 590 g/mol. The molecule has 2 aromatic rings. The maximum absolute atomic E-state index is 11.8. The van der Waals surface area contributed by atoms with Gasteiger partial charge in [-0.05, 0) is 64.4 Å². The normalized spacial score (nSPS) is 36.6. The third-order valence-electron chi connectivity index (χ3n) is 7.74. The number of rotatable bonds is 9. The van der Waals surface area contributed by atoms with Crippen molar-refractivity contribution in [2.24, 2.45) is 0 Å². The quantitative estimate of drug-likeness (QED) is 0.452. The second-order valence-corrected chi connectivity index (χ2v) is 12.6. The predicted molar refractivity (Wildman–Crippen MR) is 153 cm³/mol. The van der Waals surface area contributed by atoms with Gasteiger partial charge in [-0.15, -0.1) is 11.8 Å². The lowest BCUT2D eigenvalue weighted by Crippen LogP contribution is -2.62. The Balaban J connectivity index is 1.36. The van der Waals surface area contributed by atoms with Crippen LogP contribution in [0.4, 0.5) is 0 Å². The van der Waals surface area contributed by atoms with Crippen LogP contribution >= 0.6 is 11.8 Å². The third-order valence-corrected chi connectivity index (χ3v) is 9.06. The van der Waals surface area contributed by atoms with E-state index in [1.165, 1.54) is 11.8 Å². The molecule has 0 spiro atoms. The van der Waals surface area contributed by atoms with Crippen LogP contribution in [0.2, 0.25) is 0 Å². The molecule has 10 heteroatoms. The first-order chi connectivity index (χ1) is 19.6. The number of hydrogen-bond acceptors (Lipinski definition) is 10. The van der Waals surface area contributed by atoms with Crippen molar-refractivity contribution in [1.82, 2.24) is 0 Å². The molecule has 3 saturated heterocycles. The molecule has 41 heavy (non-hydrogen) atoms. The van der Waals surface area contributed by atoms with Gasteiger partial charge in [-0.2, -0.15) is 0 Å². The molecule has 0 amide bonds. The molecule has 226 valence electrons. The number of methoxy groups -OCH3 is 2. The number of benzene rings is 2. The highest BCUT2D eigenvalue weighted by Gasteiger charge is 2.57. The van der Waals surface area contributed by atoms with Crippen LogP contribution in [0, 0.1) is 6.92 Å². The summed E-state index contributed by atoms with van der Waals surface area (Å²) in [4.78, 5) is 0.993. The fourth-order valence-corrected chi connectivity index (χ4v) is 6.74. The van der Waals surface area contributed by atoms with E-state index in [4.69, 9.17) is 37.9 Å². The highest BCUT2D eigenvalue weighted by molar-refractivity contribution is 8.00.